The predicted octanol–water partition coefficient (Wildman–Crippen LogP) is 2.55. The Morgan fingerprint density at radius 2 is 2.00 bits per heavy atom. The first-order valence-corrected chi connectivity index (χ1v) is 8.56. The number of carbonyl (C=O) groups excluding carboxylic acids is 1. The Balaban J connectivity index is 1.83. The fourth-order valence-corrected chi connectivity index (χ4v) is 2.98. The molecule has 1 saturated carbocycles. The maximum Gasteiger partial charge on any atom is 0.306 e. The minimum atomic E-state index is -0.782. The summed E-state index contributed by atoms with van der Waals surface area (Å²) in [4.78, 5) is 24.2. The lowest BCUT2D eigenvalue weighted by molar-refractivity contribution is -0.141. The van der Waals surface area contributed by atoms with Crippen LogP contribution in [0.2, 0.25) is 0 Å². The molecule has 22 heavy (non-hydrogen) atoms. The molecule has 6 heteroatoms. The number of rotatable bonds is 6. The van der Waals surface area contributed by atoms with Gasteiger partial charge in [0.1, 0.15) is 5.75 Å². The Kier molecular flexibility index (Phi) is 5.71. The van der Waals surface area contributed by atoms with Gasteiger partial charge < -0.3 is 15.2 Å². The number of nitrogens with one attached hydrogen (secondary N) is 1. The standard InChI is InChI=1S/C16H21NO4S/c1-10(21-13-5-7-14(22-2)8-6-13)15(18)17-12-4-3-11(9-12)16(19)20/h5-8,10-12H,3-4,9H2,1-2H3,(H,17,18)(H,19,20)/t10?,11-,12+/m0/s1. The van der Waals surface area contributed by atoms with Crippen LogP contribution in [0.1, 0.15) is 26.2 Å². The monoisotopic (exact) mass is 323 g/mol. The fourth-order valence-electron chi connectivity index (χ4n) is 2.57. The molecule has 0 saturated heterocycles. The van der Waals surface area contributed by atoms with Crippen molar-refractivity contribution < 1.29 is 19.4 Å². The third-order valence-electron chi connectivity index (χ3n) is 3.87. The van der Waals surface area contributed by atoms with E-state index in [1.165, 1.54) is 0 Å². The second kappa shape index (κ2) is 7.54. The number of carboxylic acids is 1. The zero-order chi connectivity index (χ0) is 16.1. The number of carbonyl (C=O) groups is 2. The molecule has 120 valence electrons. The molecule has 0 bridgehead atoms. The van der Waals surface area contributed by atoms with Gasteiger partial charge in [-0.15, -0.1) is 11.8 Å². The van der Waals surface area contributed by atoms with Crippen molar-refractivity contribution >= 4 is 23.6 Å². The van der Waals surface area contributed by atoms with Crippen LogP contribution in [0, 0.1) is 5.92 Å². The molecule has 1 aliphatic rings. The molecule has 1 unspecified atom stereocenters. The van der Waals surface area contributed by atoms with Gasteiger partial charge in [-0.25, -0.2) is 0 Å². The summed E-state index contributed by atoms with van der Waals surface area (Å²) in [6, 6.07) is 7.49. The van der Waals surface area contributed by atoms with Gasteiger partial charge in [-0.3, -0.25) is 9.59 Å². The van der Waals surface area contributed by atoms with Gasteiger partial charge in [0.25, 0.3) is 5.91 Å². The zero-order valence-electron chi connectivity index (χ0n) is 12.7. The lowest BCUT2D eigenvalue weighted by Gasteiger charge is -2.18. The maximum absolute atomic E-state index is 12.1. The van der Waals surface area contributed by atoms with Gasteiger partial charge >= 0.3 is 5.97 Å². The van der Waals surface area contributed by atoms with Crippen molar-refractivity contribution in [3.05, 3.63) is 24.3 Å². The second-order valence-electron chi connectivity index (χ2n) is 5.49. The van der Waals surface area contributed by atoms with E-state index in [4.69, 9.17) is 9.84 Å². The molecule has 1 fully saturated rings. The maximum atomic E-state index is 12.1. The molecule has 1 aromatic carbocycles. The third-order valence-corrected chi connectivity index (χ3v) is 4.61. The van der Waals surface area contributed by atoms with E-state index in [2.05, 4.69) is 5.32 Å². The highest BCUT2D eigenvalue weighted by Crippen LogP contribution is 2.26. The van der Waals surface area contributed by atoms with Gasteiger partial charge in [0.15, 0.2) is 6.10 Å². The Morgan fingerprint density at radius 1 is 1.32 bits per heavy atom. The molecule has 0 radical (unpaired) electrons. The number of thioether (sulfide) groups is 1. The van der Waals surface area contributed by atoms with Gasteiger partial charge in [0.2, 0.25) is 0 Å². The average Bonchev–Trinajstić information content (AvgIpc) is 2.96. The molecule has 2 N–H and O–H groups in total. The highest BCUT2D eigenvalue weighted by atomic mass is 32.2. The van der Waals surface area contributed by atoms with E-state index in [9.17, 15) is 9.59 Å². The number of carboxylic acid groups (broad SMARTS) is 1. The summed E-state index contributed by atoms with van der Waals surface area (Å²) in [6.45, 7) is 1.70. The highest BCUT2D eigenvalue weighted by Gasteiger charge is 2.31. The predicted molar refractivity (Wildman–Crippen MR) is 85.2 cm³/mol. The van der Waals surface area contributed by atoms with Crippen LogP contribution < -0.4 is 10.1 Å². The van der Waals surface area contributed by atoms with Crippen LogP contribution >= 0.6 is 11.8 Å². The van der Waals surface area contributed by atoms with Gasteiger partial charge in [0.05, 0.1) is 5.92 Å². The first-order chi connectivity index (χ1) is 10.5. The van der Waals surface area contributed by atoms with Gasteiger partial charge in [-0.2, -0.15) is 0 Å². The van der Waals surface area contributed by atoms with E-state index in [0.29, 0.717) is 25.0 Å². The second-order valence-corrected chi connectivity index (χ2v) is 6.37. The number of hydrogen-bond acceptors (Lipinski definition) is 4. The average molecular weight is 323 g/mol. The van der Waals surface area contributed by atoms with Crippen LogP contribution in [-0.2, 0) is 9.59 Å². The normalized spacial score (nSPS) is 22.1. The van der Waals surface area contributed by atoms with Gasteiger partial charge in [-0.1, -0.05) is 0 Å². The van der Waals surface area contributed by atoms with Crippen molar-refractivity contribution in [1.82, 2.24) is 5.32 Å². The van der Waals surface area contributed by atoms with Crippen LogP contribution in [0.15, 0.2) is 29.2 Å². The molecule has 0 spiro atoms. The zero-order valence-corrected chi connectivity index (χ0v) is 13.6. The fraction of sp³-hybridized carbons (Fsp3) is 0.500. The molecule has 5 nitrogen and oxygen atoms in total. The lowest BCUT2D eigenvalue weighted by atomic mass is 10.1. The van der Waals surface area contributed by atoms with Crippen molar-refractivity contribution in [3.8, 4) is 5.75 Å². The van der Waals surface area contributed by atoms with Crippen molar-refractivity contribution in [2.24, 2.45) is 5.92 Å². The largest absolute Gasteiger partial charge is 0.481 e. The number of hydrogen-bond donors (Lipinski definition) is 2. The van der Waals surface area contributed by atoms with Crippen molar-refractivity contribution in [3.63, 3.8) is 0 Å². The van der Waals surface area contributed by atoms with Gasteiger partial charge in [0, 0.05) is 10.9 Å². The van der Waals surface area contributed by atoms with E-state index in [-0.39, 0.29) is 17.9 Å². The van der Waals surface area contributed by atoms with Crippen molar-refractivity contribution in [2.45, 2.75) is 43.2 Å². The van der Waals surface area contributed by atoms with E-state index in [0.717, 1.165) is 4.90 Å². The summed E-state index contributed by atoms with van der Waals surface area (Å²) in [5, 5.41) is 11.8. The molecule has 0 aliphatic heterocycles. The molecule has 0 aromatic heterocycles. The van der Waals surface area contributed by atoms with Gasteiger partial charge in [-0.05, 0) is 56.7 Å². The third kappa shape index (κ3) is 4.40. The van der Waals surface area contributed by atoms with Crippen LogP contribution in [0.25, 0.3) is 0 Å². The van der Waals surface area contributed by atoms with Crippen LogP contribution in [0.4, 0.5) is 0 Å². The Hall–Kier alpha value is -1.69. The summed E-state index contributed by atoms with van der Waals surface area (Å²) >= 11 is 1.64. The van der Waals surface area contributed by atoms with Crippen LogP contribution in [-0.4, -0.2) is 35.4 Å². The minimum Gasteiger partial charge on any atom is -0.481 e. The quantitative estimate of drug-likeness (QED) is 0.787. The molecule has 0 heterocycles. The van der Waals surface area contributed by atoms with E-state index >= 15 is 0 Å². The highest BCUT2D eigenvalue weighted by molar-refractivity contribution is 7.98. The summed E-state index contributed by atoms with van der Waals surface area (Å²) in [5.74, 6) is -0.684. The summed E-state index contributed by atoms with van der Waals surface area (Å²) in [6.07, 6.45) is 3.21. The topological polar surface area (TPSA) is 75.6 Å². The van der Waals surface area contributed by atoms with Crippen molar-refractivity contribution in [2.75, 3.05) is 6.26 Å². The summed E-state index contributed by atoms with van der Waals surface area (Å²) in [5.41, 5.74) is 0. The number of benzene rings is 1. The Morgan fingerprint density at radius 3 is 2.55 bits per heavy atom. The molecular weight excluding hydrogens is 302 g/mol. The lowest BCUT2D eigenvalue weighted by Crippen LogP contribution is -2.41. The SMILES string of the molecule is CSc1ccc(OC(C)C(=O)N[C@@H]2CC[C@H](C(=O)O)C2)cc1. The van der Waals surface area contributed by atoms with Crippen LogP contribution in [0.3, 0.4) is 0 Å². The molecular formula is C16H21NO4S. The number of amides is 1. The molecule has 1 amide bonds. The molecule has 2 rings (SSSR count). The van der Waals surface area contributed by atoms with E-state index in [1.54, 1.807) is 18.7 Å². The van der Waals surface area contributed by atoms with E-state index < -0.39 is 12.1 Å². The summed E-state index contributed by atoms with van der Waals surface area (Å²) in [7, 11) is 0. The molecule has 1 aliphatic carbocycles. The van der Waals surface area contributed by atoms with Crippen molar-refractivity contribution in [1.29, 1.82) is 0 Å². The first kappa shape index (κ1) is 16.7. The Labute approximate surface area is 134 Å². The van der Waals surface area contributed by atoms with E-state index in [1.807, 2.05) is 30.5 Å². The summed E-state index contributed by atoms with van der Waals surface area (Å²) < 4.78 is 5.62. The number of ether oxygens (including phenoxy) is 1. The first-order valence-electron chi connectivity index (χ1n) is 7.33. The smallest absolute Gasteiger partial charge is 0.306 e. The molecule has 1 aromatic rings. The number of aliphatic carboxylic acids is 1. The molecule has 3 atom stereocenters. The van der Waals surface area contributed by atoms with Crippen LogP contribution in [0.5, 0.6) is 5.75 Å². The minimum absolute atomic E-state index is 0.0708. The Bertz CT molecular complexity index is 531.